The molecule has 1 atom stereocenters. The van der Waals surface area contributed by atoms with Gasteiger partial charge in [-0.1, -0.05) is 53.5 Å². The summed E-state index contributed by atoms with van der Waals surface area (Å²) in [6.07, 6.45) is 1.38. The highest BCUT2D eigenvalue weighted by molar-refractivity contribution is 6.35. The standard InChI is InChI=1S/C18H17Cl2NO2/c19-15-9-13(10-16(20)11-15)17(22)21-8-4-7-18(23,12-21)14-5-2-1-3-6-14/h1-3,5-6,9-11,23H,4,7-8,12H2. The van der Waals surface area contributed by atoms with Crippen LogP contribution < -0.4 is 0 Å². The van der Waals surface area contributed by atoms with E-state index < -0.39 is 5.60 Å². The molecule has 120 valence electrons. The van der Waals surface area contributed by atoms with Crippen LogP contribution in [0.1, 0.15) is 28.8 Å². The van der Waals surface area contributed by atoms with Gasteiger partial charge in [-0.25, -0.2) is 0 Å². The van der Waals surface area contributed by atoms with Crippen molar-refractivity contribution in [3.05, 3.63) is 69.7 Å². The Morgan fingerprint density at radius 3 is 2.39 bits per heavy atom. The zero-order valence-electron chi connectivity index (χ0n) is 12.5. The first kappa shape index (κ1) is 16.3. The second-order valence-electron chi connectivity index (χ2n) is 5.89. The van der Waals surface area contributed by atoms with Crippen molar-refractivity contribution >= 4 is 29.1 Å². The van der Waals surface area contributed by atoms with Crippen LogP contribution in [-0.2, 0) is 5.60 Å². The molecule has 1 heterocycles. The summed E-state index contributed by atoms with van der Waals surface area (Å²) in [6, 6.07) is 14.3. The Kier molecular flexibility index (Phi) is 4.62. The second kappa shape index (κ2) is 6.52. The molecule has 2 aromatic carbocycles. The number of rotatable bonds is 2. The molecule has 2 aromatic rings. The average Bonchev–Trinajstić information content (AvgIpc) is 2.54. The second-order valence-corrected chi connectivity index (χ2v) is 6.76. The summed E-state index contributed by atoms with van der Waals surface area (Å²) in [6.45, 7) is 0.873. The van der Waals surface area contributed by atoms with Crippen LogP contribution in [-0.4, -0.2) is 29.0 Å². The Morgan fingerprint density at radius 2 is 1.74 bits per heavy atom. The van der Waals surface area contributed by atoms with Gasteiger partial charge in [-0.15, -0.1) is 0 Å². The van der Waals surface area contributed by atoms with Crippen molar-refractivity contribution in [2.24, 2.45) is 0 Å². The minimum absolute atomic E-state index is 0.163. The van der Waals surface area contributed by atoms with Gasteiger partial charge in [0.1, 0.15) is 5.60 Å². The third-order valence-corrected chi connectivity index (χ3v) is 4.62. The van der Waals surface area contributed by atoms with Crippen LogP contribution in [0.4, 0.5) is 0 Å². The molecule has 1 unspecified atom stereocenters. The number of carbonyl (C=O) groups is 1. The van der Waals surface area contributed by atoms with E-state index in [1.54, 1.807) is 23.1 Å². The fourth-order valence-electron chi connectivity index (χ4n) is 3.05. The van der Waals surface area contributed by atoms with E-state index in [0.717, 1.165) is 12.0 Å². The van der Waals surface area contributed by atoms with Gasteiger partial charge in [-0.3, -0.25) is 4.79 Å². The molecule has 0 spiro atoms. The zero-order valence-corrected chi connectivity index (χ0v) is 14.0. The number of aliphatic hydroxyl groups is 1. The van der Waals surface area contributed by atoms with E-state index in [1.807, 2.05) is 30.3 Å². The van der Waals surface area contributed by atoms with Gasteiger partial charge >= 0.3 is 0 Å². The molecule has 0 saturated carbocycles. The lowest BCUT2D eigenvalue weighted by atomic mass is 9.85. The molecule has 0 bridgehead atoms. The SMILES string of the molecule is O=C(c1cc(Cl)cc(Cl)c1)N1CCCC(O)(c2ccccc2)C1. The first-order valence-corrected chi connectivity index (χ1v) is 8.27. The number of hydrogen-bond donors (Lipinski definition) is 1. The van der Waals surface area contributed by atoms with Gasteiger partial charge in [0.25, 0.3) is 5.91 Å². The van der Waals surface area contributed by atoms with Crippen molar-refractivity contribution in [3.63, 3.8) is 0 Å². The van der Waals surface area contributed by atoms with E-state index in [-0.39, 0.29) is 12.5 Å². The maximum atomic E-state index is 12.7. The molecule has 3 nitrogen and oxygen atoms in total. The van der Waals surface area contributed by atoms with Crippen LogP contribution in [0.15, 0.2) is 48.5 Å². The molecular weight excluding hydrogens is 333 g/mol. The summed E-state index contributed by atoms with van der Waals surface area (Å²) < 4.78 is 0. The number of benzene rings is 2. The number of halogens is 2. The van der Waals surface area contributed by atoms with Crippen LogP contribution in [0.3, 0.4) is 0 Å². The predicted octanol–water partition coefficient (Wildman–Crippen LogP) is 4.12. The Labute approximate surface area is 145 Å². The Morgan fingerprint density at radius 1 is 1.09 bits per heavy atom. The molecule has 1 fully saturated rings. The molecule has 1 N–H and O–H groups in total. The number of carbonyl (C=O) groups excluding carboxylic acids is 1. The molecule has 1 aliphatic heterocycles. The van der Waals surface area contributed by atoms with Crippen molar-refractivity contribution in [1.29, 1.82) is 0 Å². The summed E-state index contributed by atoms with van der Waals surface area (Å²) in [5.41, 5.74) is 0.263. The van der Waals surface area contributed by atoms with Crippen LogP contribution in [0.5, 0.6) is 0 Å². The number of amides is 1. The fourth-order valence-corrected chi connectivity index (χ4v) is 3.58. The van der Waals surface area contributed by atoms with Crippen LogP contribution in [0.2, 0.25) is 10.0 Å². The summed E-state index contributed by atoms with van der Waals surface area (Å²) in [7, 11) is 0. The number of β-amino-alcohol motifs (C(OH)–C–C–N with tert-alkyl or cyclic N) is 1. The van der Waals surface area contributed by atoms with Crippen molar-refractivity contribution in [1.82, 2.24) is 4.90 Å². The molecule has 0 aromatic heterocycles. The third kappa shape index (κ3) is 3.52. The minimum Gasteiger partial charge on any atom is -0.383 e. The maximum Gasteiger partial charge on any atom is 0.254 e. The lowest BCUT2D eigenvalue weighted by Gasteiger charge is -2.39. The summed E-state index contributed by atoms with van der Waals surface area (Å²) in [5.74, 6) is -0.163. The highest BCUT2D eigenvalue weighted by Crippen LogP contribution is 2.32. The van der Waals surface area contributed by atoms with Gasteiger partial charge in [0.2, 0.25) is 0 Å². The molecule has 0 aliphatic carbocycles. The third-order valence-electron chi connectivity index (χ3n) is 4.18. The van der Waals surface area contributed by atoms with E-state index in [2.05, 4.69) is 0 Å². The van der Waals surface area contributed by atoms with Gasteiger partial charge in [0, 0.05) is 22.2 Å². The quantitative estimate of drug-likeness (QED) is 0.885. The summed E-state index contributed by atoms with van der Waals surface area (Å²) in [4.78, 5) is 14.4. The van der Waals surface area contributed by atoms with Gasteiger partial charge in [0.05, 0.1) is 6.54 Å². The van der Waals surface area contributed by atoms with Crippen molar-refractivity contribution < 1.29 is 9.90 Å². The Hall–Kier alpha value is -1.55. The smallest absolute Gasteiger partial charge is 0.254 e. The van der Waals surface area contributed by atoms with Crippen molar-refractivity contribution in [2.75, 3.05) is 13.1 Å². The first-order valence-electron chi connectivity index (χ1n) is 7.51. The van der Waals surface area contributed by atoms with E-state index in [0.29, 0.717) is 28.6 Å². The lowest BCUT2D eigenvalue weighted by Crippen LogP contribution is -2.48. The minimum atomic E-state index is -1.02. The highest BCUT2D eigenvalue weighted by atomic mass is 35.5. The molecule has 3 rings (SSSR count). The van der Waals surface area contributed by atoms with E-state index in [1.165, 1.54) is 0 Å². The zero-order chi connectivity index (χ0) is 16.4. The van der Waals surface area contributed by atoms with Crippen LogP contribution in [0, 0.1) is 0 Å². The van der Waals surface area contributed by atoms with Crippen molar-refractivity contribution in [2.45, 2.75) is 18.4 Å². The molecule has 1 aliphatic rings. The van der Waals surface area contributed by atoms with Gasteiger partial charge in [0.15, 0.2) is 0 Å². The maximum absolute atomic E-state index is 12.7. The number of nitrogens with zero attached hydrogens (tertiary/aromatic N) is 1. The summed E-state index contributed by atoms with van der Waals surface area (Å²) >= 11 is 12.0. The van der Waals surface area contributed by atoms with E-state index in [4.69, 9.17) is 23.2 Å². The Bertz CT molecular complexity index is 700. The first-order chi connectivity index (χ1) is 11.0. The van der Waals surface area contributed by atoms with Gasteiger partial charge in [-0.2, -0.15) is 0 Å². The van der Waals surface area contributed by atoms with Crippen LogP contribution >= 0.6 is 23.2 Å². The number of likely N-dealkylation sites (tertiary alicyclic amines) is 1. The largest absolute Gasteiger partial charge is 0.383 e. The fraction of sp³-hybridized carbons (Fsp3) is 0.278. The highest BCUT2D eigenvalue weighted by Gasteiger charge is 2.36. The number of piperidine rings is 1. The Balaban J connectivity index is 1.85. The van der Waals surface area contributed by atoms with Gasteiger partial charge in [-0.05, 0) is 36.6 Å². The van der Waals surface area contributed by atoms with Crippen molar-refractivity contribution in [3.8, 4) is 0 Å². The molecule has 1 saturated heterocycles. The molecule has 1 amide bonds. The molecular formula is C18H17Cl2NO2. The average molecular weight is 350 g/mol. The normalized spacial score (nSPS) is 21.3. The topological polar surface area (TPSA) is 40.5 Å². The molecule has 0 radical (unpaired) electrons. The van der Waals surface area contributed by atoms with Gasteiger partial charge < -0.3 is 10.0 Å². The summed E-state index contributed by atoms with van der Waals surface area (Å²) in [5, 5.41) is 11.8. The molecule has 23 heavy (non-hydrogen) atoms. The monoisotopic (exact) mass is 349 g/mol. The number of hydrogen-bond acceptors (Lipinski definition) is 2. The van der Waals surface area contributed by atoms with Crippen LogP contribution in [0.25, 0.3) is 0 Å². The van der Waals surface area contributed by atoms with E-state index in [9.17, 15) is 9.90 Å². The predicted molar refractivity (Wildman–Crippen MR) is 91.9 cm³/mol. The lowest BCUT2D eigenvalue weighted by molar-refractivity contribution is -0.0289. The van der Waals surface area contributed by atoms with E-state index >= 15 is 0 Å². The molecule has 5 heteroatoms.